The number of aliphatic hydroxyl groups excluding tert-OH is 2. The van der Waals surface area contributed by atoms with Gasteiger partial charge < -0.3 is 15.3 Å². The summed E-state index contributed by atoms with van der Waals surface area (Å²) in [7, 11) is 0. The molecule has 2 atom stereocenters. The monoisotopic (exact) mass is 285 g/mol. The molecule has 0 aromatic carbocycles. The number of hydrogen-bond acceptors (Lipinski definition) is 4. The lowest BCUT2D eigenvalue weighted by atomic mass is 10.0. The average molecular weight is 286 g/mol. The lowest BCUT2D eigenvalue weighted by molar-refractivity contribution is -0.153. The smallest absolute Gasteiger partial charge is 0.417 e. The summed E-state index contributed by atoms with van der Waals surface area (Å²) in [6, 6.07) is 0.437. The summed E-state index contributed by atoms with van der Waals surface area (Å²) in [4.78, 5) is 13.6. The van der Waals surface area contributed by atoms with Gasteiger partial charge in [-0.1, -0.05) is 11.6 Å². The van der Waals surface area contributed by atoms with Crippen LogP contribution < -0.4 is 0 Å². The fourth-order valence-electron chi connectivity index (χ4n) is 1.13. The normalized spacial score (nSPS) is 15.2. The Balaban J connectivity index is 3.20. The zero-order chi connectivity index (χ0) is 14.1. The number of pyridine rings is 1. The van der Waals surface area contributed by atoms with Gasteiger partial charge in [-0.3, -0.25) is 0 Å². The van der Waals surface area contributed by atoms with Crippen molar-refractivity contribution in [2.75, 3.05) is 0 Å². The van der Waals surface area contributed by atoms with E-state index < -0.39 is 40.6 Å². The van der Waals surface area contributed by atoms with E-state index in [4.69, 9.17) is 21.8 Å². The molecule has 0 saturated carbocycles. The summed E-state index contributed by atoms with van der Waals surface area (Å²) in [5.41, 5.74) is -1.82. The van der Waals surface area contributed by atoms with Crippen molar-refractivity contribution in [3.63, 3.8) is 0 Å². The molecule has 100 valence electrons. The molecule has 0 radical (unpaired) electrons. The van der Waals surface area contributed by atoms with E-state index >= 15 is 0 Å². The highest BCUT2D eigenvalue weighted by Crippen LogP contribution is 2.33. The molecule has 0 bridgehead atoms. The summed E-state index contributed by atoms with van der Waals surface area (Å²) in [5, 5.41) is 26.4. The van der Waals surface area contributed by atoms with Crippen molar-refractivity contribution in [2.24, 2.45) is 0 Å². The third kappa shape index (κ3) is 3.09. The van der Waals surface area contributed by atoms with Crippen molar-refractivity contribution >= 4 is 17.6 Å². The zero-order valence-corrected chi connectivity index (χ0v) is 9.27. The molecule has 1 rings (SSSR count). The Morgan fingerprint density at radius 1 is 1.39 bits per heavy atom. The van der Waals surface area contributed by atoms with Crippen LogP contribution in [0.2, 0.25) is 5.15 Å². The number of aromatic nitrogens is 1. The molecule has 1 heterocycles. The fraction of sp³-hybridized carbons (Fsp3) is 0.333. The third-order valence-electron chi connectivity index (χ3n) is 2.06. The van der Waals surface area contributed by atoms with Gasteiger partial charge in [0, 0.05) is 11.8 Å². The van der Waals surface area contributed by atoms with Crippen molar-refractivity contribution in [2.45, 2.75) is 18.4 Å². The molecule has 0 saturated heterocycles. The van der Waals surface area contributed by atoms with Gasteiger partial charge in [0.05, 0.1) is 5.56 Å². The van der Waals surface area contributed by atoms with E-state index in [1.165, 1.54) is 0 Å². The van der Waals surface area contributed by atoms with E-state index in [1.54, 1.807) is 0 Å². The average Bonchev–Trinajstić information content (AvgIpc) is 2.26. The first-order chi connectivity index (χ1) is 8.14. The van der Waals surface area contributed by atoms with Crippen molar-refractivity contribution in [1.29, 1.82) is 0 Å². The molecule has 2 unspecified atom stereocenters. The first-order valence-corrected chi connectivity index (χ1v) is 4.84. The van der Waals surface area contributed by atoms with Gasteiger partial charge in [0.1, 0.15) is 11.3 Å². The molecule has 0 amide bonds. The van der Waals surface area contributed by atoms with E-state index in [0.717, 1.165) is 0 Å². The molecular weight excluding hydrogens is 279 g/mol. The lowest BCUT2D eigenvalue weighted by Gasteiger charge is -2.16. The number of halogens is 4. The lowest BCUT2D eigenvalue weighted by Crippen LogP contribution is -2.28. The Labute approximate surface area is 103 Å². The Morgan fingerprint density at radius 3 is 2.39 bits per heavy atom. The Morgan fingerprint density at radius 2 is 1.94 bits per heavy atom. The van der Waals surface area contributed by atoms with Crippen LogP contribution in [0.15, 0.2) is 12.3 Å². The van der Waals surface area contributed by atoms with E-state index in [9.17, 15) is 23.1 Å². The van der Waals surface area contributed by atoms with E-state index in [0.29, 0.717) is 12.3 Å². The predicted molar refractivity (Wildman–Crippen MR) is 52.9 cm³/mol. The van der Waals surface area contributed by atoms with Gasteiger partial charge in [0.2, 0.25) is 0 Å². The molecule has 1 aromatic heterocycles. The molecule has 3 N–H and O–H groups in total. The number of rotatable bonds is 3. The first-order valence-electron chi connectivity index (χ1n) is 4.46. The van der Waals surface area contributed by atoms with Crippen LogP contribution in [-0.4, -0.2) is 32.4 Å². The summed E-state index contributed by atoms with van der Waals surface area (Å²) in [5.74, 6) is -1.80. The minimum atomic E-state index is -4.72. The Hall–Kier alpha value is -1.38. The maximum Gasteiger partial charge on any atom is 0.417 e. The third-order valence-corrected chi connectivity index (χ3v) is 2.38. The van der Waals surface area contributed by atoms with Gasteiger partial charge in [0.25, 0.3) is 0 Å². The number of alkyl halides is 3. The zero-order valence-electron chi connectivity index (χ0n) is 8.52. The van der Waals surface area contributed by atoms with Crippen LogP contribution in [0.5, 0.6) is 0 Å². The molecule has 0 aliphatic heterocycles. The second-order valence-corrected chi connectivity index (χ2v) is 3.69. The molecule has 0 fully saturated rings. The number of carbonyl (C=O) groups is 1. The standard InChI is InChI=1S/C9H7ClF3NO4/c10-7-4(5(15)6(16)8(17)18)1-3(2-14-7)9(11,12)13/h1-2,5-6,15-16H,(H,17,18). The van der Waals surface area contributed by atoms with Crippen LogP contribution >= 0.6 is 11.6 Å². The minimum Gasteiger partial charge on any atom is -0.479 e. The van der Waals surface area contributed by atoms with Gasteiger partial charge in [-0.25, -0.2) is 9.78 Å². The van der Waals surface area contributed by atoms with E-state index in [2.05, 4.69) is 4.98 Å². The van der Waals surface area contributed by atoms with Crippen LogP contribution in [0.4, 0.5) is 13.2 Å². The predicted octanol–water partition coefficient (Wildman–Crippen LogP) is 1.23. The summed E-state index contributed by atoms with van der Waals surface area (Å²) < 4.78 is 37.1. The second kappa shape index (κ2) is 5.09. The topological polar surface area (TPSA) is 90.7 Å². The summed E-state index contributed by atoms with van der Waals surface area (Å²) in [6.07, 6.45) is -8.69. The highest BCUT2D eigenvalue weighted by molar-refractivity contribution is 6.30. The van der Waals surface area contributed by atoms with Gasteiger partial charge in [-0.15, -0.1) is 0 Å². The number of carboxylic acids is 1. The quantitative estimate of drug-likeness (QED) is 0.727. The van der Waals surface area contributed by atoms with Crippen LogP contribution in [0.25, 0.3) is 0 Å². The number of hydrogen-bond donors (Lipinski definition) is 3. The van der Waals surface area contributed by atoms with Crippen LogP contribution in [0.3, 0.4) is 0 Å². The second-order valence-electron chi connectivity index (χ2n) is 3.33. The Kier molecular flexibility index (Phi) is 4.15. The fourth-order valence-corrected chi connectivity index (χ4v) is 1.35. The number of aliphatic carboxylic acids is 1. The van der Waals surface area contributed by atoms with Crippen molar-refractivity contribution in [3.8, 4) is 0 Å². The Bertz CT molecular complexity index is 466. The van der Waals surface area contributed by atoms with Gasteiger partial charge in [-0.2, -0.15) is 13.2 Å². The van der Waals surface area contributed by atoms with Crippen molar-refractivity contribution in [1.82, 2.24) is 4.98 Å². The van der Waals surface area contributed by atoms with Gasteiger partial charge in [0.15, 0.2) is 6.10 Å². The van der Waals surface area contributed by atoms with Crippen LogP contribution in [-0.2, 0) is 11.0 Å². The molecule has 9 heteroatoms. The SMILES string of the molecule is O=C(O)C(O)C(O)c1cc(C(F)(F)F)cnc1Cl. The van der Waals surface area contributed by atoms with Crippen LogP contribution in [0, 0.1) is 0 Å². The molecule has 18 heavy (non-hydrogen) atoms. The minimum absolute atomic E-state index is 0.436. The highest BCUT2D eigenvalue weighted by atomic mass is 35.5. The van der Waals surface area contributed by atoms with Gasteiger partial charge in [-0.05, 0) is 6.07 Å². The highest BCUT2D eigenvalue weighted by Gasteiger charge is 2.34. The molecule has 0 aliphatic rings. The van der Waals surface area contributed by atoms with Crippen molar-refractivity contribution < 1.29 is 33.3 Å². The summed E-state index contributed by atoms with van der Waals surface area (Å²) >= 11 is 5.45. The van der Waals surface area contributed by atoms with E-state index in [1.807, 2.05) is 0 Å². The van der Waals surface area contributed by atoms with Crippen molar-refractivity contribution in [3.05, 3.63) is 28.5 Å². The largest absolute Gasteiger partial charge is 0.479 e. The molecule has 5 nitrogen and oxygen atoms in total. The maximum atomic E-state index is 12.4. The maximum absolute atomic E-state index is 12.4. The number of aliphatic hydroxyl groups is 2. The van der Waals surface area contributed by atoms with Crippen LogP contribution in [0.1, 0.15) is 17.2 Å². The number of carboxylic acid groups (broad SMARTS) is 1. The number of nitrogens with zero attached hydrogens (tertiary/aromatic N) is 1. The van der Waals surface area contributed by atoms with E-state index in [-0.39, 0.29) is 0 Å². The van der Waals surface area contributed by atoms with Gasteiger partial charge >= 0.3 is 12.1 Å². The molecule has 0 spiro atoms. The summed E-state index contributed by atoms with van der Waals surface area (Å²) in [6.45, 7) is 0. The molecule has 0 aliphatic carbocycles. The first kappa shape index (κ1) is 14.7. The molecular formula is C9H7ClF3NO4. The molecule has 1 aromatic rings.